The number of nitrogens with two attached hydrogens (primary N) is 1. The average molecular weight is 280 g/mol. The van der Waals surface area contributed by atoms with Gasteiger partial charge in [-0.3, -0.25) is 0 Å². The molecule has 0 saturated carbocycles. The number of hydrogen-bond donors (Lipinski definition) is 2. The van der Waals surface area contributed by atoms with Gasteiger partial charge in [0.1, 0.15) is 0 Å². The van der Waals surface area contributed by atoms with Crippen LogP contribution in [0.1, 0.15) is 18.4 Å². The van der Waals surface area contributed by atoms with Gasteiger partial charge >= 0.3 is 6.01 Å². The van der Waals surface area contributed by atoms with Crippen LogP contribution in [-0.2, 0) is 6.42 Å². The molecule has 0 saturated heterocycles. The van der Waals surface area contributed by atoms with Crippen LogP contribution in [0.25, 0.3) is 0 Å². The summed E-state index contributed by atoms with van der Waals surface area (Å²) in [5.74, 6) is 0.577. The largest absolute Gasteiger partial charge is 0.463 e. The third kappa shape index (κ3) is 4.32. The van der Waals surface area contributed by atoms with Crippen molar-refractivity contribution in [2.45, 2.75) is 19.8 Å². The monoisotopic (exact) mass is 280 g/mol. The lowest BCUT2D eigenvalue weighted by Crippen LogP contribution is -2.11. The van der Waals surface area contributed by atoms with Gasteiger partial charge < -0.3 is 15.8 Å². The van der Waals surface area contributed by atoms with Crippen LogP contribution < -0.4 is 15.8 Å². The van der Waals surface area contributed by atoms with E-state index in [1.807, 2.05) is 12.3 Å². The molecule has 7 nitrogen and oxygen atoms in total. The Bertz CT molecular complexity index is 504. The molecule has 102 valence electrons. The van der Waals surface area contributed by atoms with Crippen molar-refractivity contribution in [3.63, 3.8) is 0 Å². The molecule has 0 bridgehead atoms. The second kappa shape index (κ2) is 6.83. The van der Waals surface area contributed by atoms with E-state index < -0.39 is 0 Å². The van der Waals surface area contributed by atoms with Gasteiger partial charge in [0.25, 0.3) is 0 Å². The van der Waals surface area contributed by atoms with Crippen LogP contribution in [0.5, 0.6) is 6.01 Å². The highest BCUT2D eigenvalue weighted by molar-refractivity contribution is 7.09. The SMILES string of the molecule is CCCOc1nc(N)nc(NCCc2nccs2)n1. The van der Waals surface area contributed by atoms with Gasteiger partial charge in [-0.25, -0.2) is 4.98 Å². The zero-order valence-electron chi connectivity index (χ0n) is 10.7. The van der Waals surface area contributed by atoms with Gasteiger partial charge in [0.2, 0.25) is 11.9 Å². The molecule has 0 spiro atoms. The maximum atomic E-state index is 5.60. The summed E-state index contributed by atoms with van der Waals surface area (Å²) in [6, 6.07) is 0.256. The predicted molar refractivity (Wildman–Crippen MR) is 74.3 cm³/mol. The van der Waals surface area contributed by atoms with Crippen LogP contribution in [0.3, 0.4) is 0 Å². The van der Waals surface area contributed by atoms with Gasteiger partial charge in [-0.1, -0.05) is 6.92 Å². The number of nitrogens with zero attached hydrogens (tertiary/aromatic N) is 4. The summed E-state index contributed by atoms with van der Waals surface area (Å²) < 4.78 is 5.34. The Balaban J connectivity index is 1.90. The van der Waals surface area contributed by atoms with Crippen molar-refractivity contribution < 1.29 is 4.74 Å². The minimum Gasteiger partial charge on any atom is -0.463 e. The van der Waals surface area contributed by atoms with E-state index in [0.717, 1.165) is 17.8 Å². The standard InChI is InChI=1S/C11H16N6OS/c1-2-6-18-11-16-9(12)15-10(17-11)14-4-3-8-13-5-7-19-8/h5,7H,2-4,6H2,1H3,(H3,12,14,15,16,17). The van der Waals surface area contributed by atoms with Crippen molar-refractivity contribution in [3.8, 4) is 6.01 Å². The molecule has 0 fully saturated rings. The van der Waals surface area contributed by atoms with E-state index in [9.17, 15) is 0 Å². The molecule has 8 heteroatoms. The summed E-state index contributed by atoms with van der Waals surface area (Å²) in [5, 5.41) is 6.10. The van der Waals surface area contributed by atoms with Crippen molar-refractivity contribution in [1.82, 2.24) is 19.9 Å². The fourth-order valence-electron chi connectivity index (χ4n) is 1.37. The summed E-state index contributed by atoms with van der Waals surface area (Å²) >= 11 is 1.62. The first-order valence-corrected chi connectivity index (χ1v) is 6.92. The Labute approximate surface area is 115 Å². The third-order valence-electron chi connectivity index (χ3n) is 2.17. The molecule has 0 aliphatic heterocycles. The molecule has 3 N–H and O–H groups in total. The van der Waals surface area contributed by atoms with E-state index in [4.69, 9.17) is 10.5 Å². The Morgan fingerprint density at radius 1 is 1.37 bits per heavy atom. The minimum absolute atomic E-state index is 0.151. The van der Waals surface area contributed by atoms with E-state index in [1.54, 1.807) is 17.5 Å². The number of anilines is 2. The van der Waals surface area contributed by atoms with Crippen molar-refractivity contribution in [2.75, 3.05) is 24.2 Å². The van der Waals surface area contributed by atoms with Crippen molar-refractivity contribution in [2.24, 2.45) is 0 Å². The number of nitrogen functional groups attached to an aromatic ring is 1. The average Bonchev–Trinajstić information content (AvgIpc) is 2.89. The van der Waals surface area contributed by atoms with Crippen LogP contribution in [0, 0.1) is 0 Å². The normalized spacial score (nSPS) is 10.4. The predicted octanol–water partition coefficient (Wildman–Crippen LogP) is 1.35. The highest BCUT2D eigenvalue weighted by Gasteiger charge is 2.05. The number of rotatable bonds is 7. The molecule has 0 aliphatic carbocycles. The zero-order valence-corrected chi connectivity index (χ0v) is 11.5. The van der Waals surface area contributed by atoms with Gasteiger partial charge in [-0.2, -0.15) is 15.0 Å². The molecule has 2 rings (SSSR count). The molecule has 0 atom stereocenters. The second-order valence-electron chi connectivity index (χ2n) is 3.75. The molecule has 0 unspecified atom stereocenters. The number of hydrogen-bond acceptors (Lipinski definition) is 8. The summed E-state index contributed by atoms with van der Waals surface area (Å²) in [5.41, 5.74) is 5.60. The van der Waals surface area contributed by atoms with Crippen molar-refractivity contribution in [1.29, 1.82) is 0 Å². The molecule has 0 amide bonds. The third-order valence-corrected chi connectivity index (χ3v) is 3.01. The highest BCUT2D eigenvalue weighted by atomic mass is 32.1. The summed E-state index contributed by atoms with van der Waals surface area (Å²) in [4.78, 5) is 16.3. The van der Waals surface area contributed by atoms with Gasteiger partial charge in [0.05, 0.1) is 11.6 Å². The number of thiazole rings is 1. The van der Waals surface area contributed by atoms with E-state index in [-0.39, 0.29) is 12.0 Å². The van der Waals surface area contributed by atoms with Gasteiger partial charge in [-0.15, -0.1) is 11.3 Å². The summed E-state index contributed by atoms with van der Waals surface area (Å²) in [6.45, 7) is 3.25. The molecule has 2 aromatic rings. The lowest BCUT2D eigenvalue weighted by Gasteiger charge is -2.07. The highest BCUT2D eigenvalue weighted by Crippen LogP contribution is 2.10. The number of aromatic nitrogens is 4. The maximum absolute atomic E-state index is 5.60. The van der Waals surface area contributed by atoms with Crippen LogP contribution in [0.15, 0.2) is 11.6 Å². The molecule has 19 heavy (non-hydrogen) atoms. The molecule has 0 aliphatic rings. The van der Waals surface area contributed by atoms with Gasteiger partial charge in [0, 0.05) is 24.5 Å². The van der Waals surface area contributed by atoms with E-state index in [1.165, 1.54) is 0 Å². The van der Waals surface area contributed by atoms with Gasteiger partial charge in [0.15, 0.2) is 0 Å². The quantitative estimate of drug-likeness (QED) is 0.789. The molecular formula is C11H16N6OS. The fraction of sp³-hybridized carbons (Fsp3) is 0.455. The zero-order chi connectivity index (χ0) is 13.5. The number of nitrogens with one attached hydrogen (secondary N) is 1. The Hall–Kier alpha value is -1.96. The van der Waals surface area contributed by atoms with Crippen LogP contribution in [-0.4, -0.2) is 33.1 Å². The van der Waals surface area contributed by atoms with Crippen LogP contribution in [0.2, 0.25) is 0 Å². The molecular weight excluding hydrogens is 264 g/mol. The lowest BCUT2D eigenvalue weighted by atomic mass is 10.4. The molecule has 0 aromatic carbocycles. The van der Waals surface area contributed by atoms with Gasteiger partial charge in [-0.05, 0) is 6.42 Å². The Kier molecular flexibility index (Phi) is 4.85. The number of ether oxygens (including phenoxy) is 1. The maximum Gasteiger partial charge on any atom is 0.323 e. The fourth-order valence-corrected chi connectivity index (χ4v) is 1.99. The lowest BCUT2D eigenvalue weighted by molar-refractivity contribution is 0.292. The second-order valence-corrected chi connectivity index (χ2v) is 4.73. The van der Waals surface area contributed by atoms with Crippen LogP contribution >= 0.6 is 11.3 Å². The Morgan fingerprint density at radius 3 is 3.00 bits per heavy atom. The van der Waals surface area contributed by atoms with E-state index in [0.29, 0.717) is 19.1 Å². The molecule has 2 heterocycles. The topological polar surface area (TPSA) is 98.8 Å². The first-order valence-electron chi connectivity index (χ1n) is 6.04. The summed E-state index contributed by atoms with van der Waals surface area (Å²) in [6.07, 6.45) is 3.49. The molecule has 0 radical (unpaired) electrons. The first-order chi connectivity index (χ1) is 9.28. The molecule has 2 aromatic heterocycles. The van der Waals surface area contributed by atoms with Crippen molar-refractivity contribution in [3.05, 3.63) is 16.6 Å². The van der Waals surface area contributed by atoms with Crippen molar-refractivity contribution >= 4 is 23.2 Å². The first kappa shape index (κ1) is 13.5. The smallest absolute Gasteiger partial charge is 0.323 e. The Morgan fingerprint density at radius 2 is 2.26 bits per heavy atom. The summed E-state index contributed by atoms with van der Waals surface area (Å²) in [7, 11) is 0. The van der Waals surface area contributed by atoms with E-state index >= 15 is 0 Å². The van der Waals surface area contributed by atoms with Crippen LogP contribution in [0.4, 0.5) is 11.9 Å². The van der Waals surface area contributed by atoms with E-state index in [2.05, 4.69) is 25.3 Å². The minimum atomic E-state index is 0.151.